The fourth-order valence-corrected chi connectivity index (χ4v) is 1.62. The Hall–Kier alpha value is -1.32. The molecule has 0 spiro atoms. The van der Waals surface area contributed by atoms with Crippen LogP contribution in [0.3, 0.4) is 0 Å². The Kier molecular flexibility index (Phi) is 3.82. The molecular formula is C12H8Cl2FNO. The summed E-state index contributed by atoms with van der Waals surface area (Å²) in [5.41, 5.74) is 0.626. The van der Waals surface area contributed by atoms with Gasteiger partial charge in [0.05, 0.1) is 11.2 Å². The molecule has 0 amide bonds. The Morgan fingerprint density at radius 2 is 2.00 bits per heavy atom. The number of hydrogen-bond acceptors (Lipinski definition) is 2. The Morgan fingerprint density at radius 1 is 1.18 bits per heavy atom. The van der Waals surface area contributed by atoms with Crippen molar-refractivity contribution < 1.29 is 9.13 Å². The second-order valence-corrected chi connectivity index (χ2v) is 4.22. The van der Waals surface area contributed by atoms with Crippen molar-refractivity contribution >= 4 is 23.2 Å². The minimum atomic E-state index is -0.400. The first-order valence-electron chi connectivity index (χ1n) is 4.82. The maximum atomic E-state index is 12.9. The van der Waals surface area contributed by atoms with Crippen molar-refractivity contribution in [3.05, 3.63) is 58.1 Å². The van der Waals surface area contributed by atoms with Gasteiger partial charge in [0.1, 0.15) is 18.2 Å². The fraction of sp³-hybridized carbons (Fsp3) is 0.0833. The Morgan fingerprint density at radius 3 is 2.76 bits per heavy atom. The Bertz CT molecular complexity index is 534. The minimum Gasteiger partial charge on any atom is -0.487 e. The zero-order valence-electron chi connectivity index (χ0n) is 8.66. The van der Waals surface area contributed by atoms with Crippen LogP contribution in [0.5, 0.6) is 5.75 Å². The molecule has 0 aliphatic rings. The van der Waals surface area contributed by atoms with Crippen molar-refractivity contribution in [2.75, 3.05) is 0 Å². The second-order valence-electron chi connectivity index (χ2n) is 3.37. The first-order chi connectivity index (χ1) is 8.15. The van der Waals surface area contributed by atoms with E-state index in [-0.39, 0.29) is 6.61 Å². The number of ether oxygens (including phenoxy) is 1. The molecule has 88 valence electrons. The van der Waals surface area contributed by atoms with Crippen LogP contribution in [0.2, 0.25) is 10.0 Å². The monoisotopic (exact) mass is 271 g/mol. The van der Waals surface area contributed by atoms with Gasteiger partial charge in [-0.2, -0.15) is 0 Å². The molecule has 1 heterocycles. The lowest BCUT2D eigenvalue weighted by Crippen LogP contribution is -1.97. The van der Waals surface area contributed by atoms with E-state index < -0.39 is 5.82 Å². The molecule has 0 saturated heterocycles. The van der Waals surface area contributed by atoms with Gasteiger partial charge in [-0.25, -0.2) is 4.39 Å². The smallest absolute Gasteiger partial charge is 0.141 e. The number of pyridine rings is 1. The third-order valence-corrected chi connectivity index (χ3v) is 2.60. The summed E-state index contributed by atoms with van der Waals surface area (Å²) in [6.07, 6.45) is 2.66. The van der Waals surface area contributed by atoms with E-state index in [0.717, 1.165) is 6.20 Å². The predicted molar refractivity (Wildman–Crippen MR) is 65.0 cm³/mol. The van der Waals surface area contributed by atoms with Gasteiger partial charge in [-0.05, 0) is 18.2 Å². The van der Waals surface area contributed by atoms with E-state index in [0.29, 0.717) is 21.4 Å². The highest BCUT2D eigenvalue weighted by atomic mass is 35.5. The van der Waals surface area contributed by atoms with Crippen LogP contribution in [0, 0.1) is 5.82 Å². The average Bonchev–Trinajstić information content (AvgIpc) is 2.30. The number of benzene rings is 1. The van der Waals surface area contributed by atoms with Crippen LogP contribution in [-0.4, -0.2) is 4.98 Å². The molecule has 2 rings (SSSR count). The zero-order chi connectivity index (χ0) is 12.3. The molecular weight excluding hydrogens is 264 g/mol. The van der Waals surface area contributed by atoms with E-state index in [9.17, 15) is 4.39 Å². The Balaban J connectivity index is 2.09. The van der Waals surface area contributed by atoms with Gasteiger partial charge in [0, 0.05) is 22.8 Å². The van der Waals surface area contributed by atoms with Crippen LogP contribution in [0.1, 0.15) is 5.56 Å². The van der Waals surface area contributed by atoms with Crippen molar-refractivity contribution in [2.45, 2.75) is 6.61 Å². The van der Waals surface area contributed by atoms with Crippen LogP contribution in [0.15, 0.2) is 36.7 Å². The lowest BCUT2D eigenvalue weighted by molar-refractivity contribution is 0.305. The van der Waals surface area contributed by atoms with Crippen molar-refractivity contribution in [1.82, 2.24) is 4.98 Å². The number of halogens is 3. The van der Waals surface area contributed by atoms with Gasteiger partial charge in [-0.3, -0.25) is 4.98 Å². The topological polar surface area (TPSA) is 22.1 Å². The number of rotatable bonds is 3. The van der Waals surface area contributed by atoms with Gasteiger partial charge in [0.25, 0.3) is 0 Å². The molecule has 0 aliphatic carbocycles. The maximum absolute atomic E-state index is 12.9. The van der Waals surface area contributed by atoms with Gasteiger partial charge in [0.2, 0.25) is 0 Å². The molecule has 0 N–H and O–H groups in total. The normalized spacial score (nSPS) is 10.3. The van der Waals surface area contributed by atoms with Gasteiger partial charge in [-0.1, -0.05) is 23.2 Å². The molecule has 0 fully saturated rings. The van der Waals surface area contributed by atoms with Crippen molar-refractivity contribution in [1.29, 1.82) is 0 Å². The van der Waals surface area contributed by atoms with Crippen LogP contribution >= 0.6 is 23.2 Å². The first kappa shape index (κ1) is 12.1. The van der Waals surface area contributed by atoms with Crippen LogP contribution in [-0.2, 0) is 6.61 Å². The predicted octanol–water partition coefficient (Wildman–Crippen LogP) is 4.11. The van der Waals surface area contributed by atoms with E-state index in [1.807, 2.05) is 0 Å². The molecule has 0 saturated carbocycles. The molecule has 0 radical (unpaired) electrons. The third-order valence-electron chi connectivity index (χ3n) is 2.05. The lowest BCUT2D eigenvalue weighted by Gasteiger charge is -2.08. The van der Waals surface area contributed by atoms with Gasteiger partial charge in [-0.15, -0.1) is 0 Å². The van der Waals surface area contributed by atoms with Crippen LogP contribution in [0.4, 0.5) is 4.39 Å². The SMILES string of the molecule is Fc1cncc(COc2cc(Cl)ccc2Cl)c1. The number of aromatic nitrogens is 1. The van der Waals surface area contributed by atoms with Crippen LogP contribution < -0.4 is 4.74 Å². The largest absolute Gasteiger partial charge is 0.487 e. The first-order valence-corrected chi connectivity index (χ1v) is 5.58. The third kappa shape index (κ3) is 3.32. The quantitative estimate of drug-likeness (QED) is 0.838. The van der Waals surface area contributed by atoms with E-state index >= 15 is 0 Å². The highest BCUT2D eigenvalue weighted by Gasteiger charge is 2.03. The van der Waals surface area contributed by atoms with Gasteiger partial charge >= 0.3 is 0 Å². The number of hydrogen-bond donors (Lipinski definition) is 0. The molecule has 2 aromatic rings. The minimum absolute atomic E-state index is 0.185. The summed E-state index contributed by atoms with van der Waals surface area (Å²) in [5, 5.41) is 0.987. The average molecular weight is 272 g/mol. The molecule has 0 unspecified atom stereocenters. The molecule has 0 aliphatic heterocycles. The highest BCUT2D eigenvalue weighted by molar-refractivity contribution is 6.34. The summed E-state index contributed by atoms with van der Waals surface area (Å²) < 4.78 is 18.3. The summed E-state index contributed by atoms with van der Waals surface area (Å²) in [6, 6.07) is 6.27. The van der Waals surface area contributed by atoms with E-state index in [2.05, 4.69) is 4.98 Å². The summed E-state index contributed by atoms with van der Waals surface area (Å²) in [6.45, 7) is 0.185. The zero-order valence-corrected chi connectivity index (χ0v) is 10.2. The summed E-state index contributed by atoms with van der Waals surface area (Å²) in [7, 11) is 0. The molecule has 2 nitrogen and oxygen atoms in total. The van der Waals surface area contributed by atoms with Crippen molar-refractivity contribution in [3.8, 4) is 5.75 Å². The molecule has 0 bridgehead atoms. The van der Waals surface area contributed by atoms with Crippen LogP contribution in [0.25, 0.3) is 0 Å². The molecule has 5 heteroatoms. The van der Waals surface area contributed by atoms with Crippen molar-refractivity contribution in [3.63, 3.8) is 0 Å². The van der Waals surface area contributed by atoms with E-state index in [1.165, 1.54) is 12.3 Å². The molecule has 1 aromatic heterocycles. The summed E-state index contributed by atoms with van der Waals surface area (Å²) >= 11 is 11.7. The van der Waals surface area contributed by atoms with E-state index in [4.69, 9.17) is 27.9 Å². The molecule has 0 atom stereocenters. The lowest BCUT2D eigenvalue weighted by atomic mass is 10.3. The summed E-state index contributed by atoms with van der Waals surface area (Å²) in [4.78, 5) is 3.72. The van der Waals surface area contributed by atoms with Gasteiger partial charge < -0.3 is 4.74 Å². The molecule has 1 aromatic carbocycles. The van der Waals surface area contributed by atoms with Crippen molar-refractivity contribution in [2.24, 2.45) is 0 Å². The second kappa shape index (κ2) is 5.34. The highest BCUT2D eigenvalue weighted by Crippen LogP contribution is 2.28. The number of nitrogens with zero attached hydrogens (tertiary/aromatic N) is 1. The fourth-order valence-electron chi connectivity index (χ4n) is 1.28. The van der Waals surface area contributed by atoms with E-state index in [1.54, 1.807) is 18.2 Å². The Labute approximate surface area is 108 Å². The maximum Gasteiger partial charge on any atom is 0.141 e. The standard InChI is InChI=1S/C12H8Cl2FNO/c13-9-1-2-11(14)12(4-9)17-7-8-3-10(15)6-16-5-8/h1-6H,7H2. The van der Waals surface area contributed by atoms with Gasteiger partial charge in [0.15, 0.2) is 0 Å². The summed E-state index contributed by atoms with van der Waals surface area (Å²) in [5.74, 6) is 0.0618. The molecule has 17 heavy (non-hydrogen) atoms.